The smallest absolute Gasteiger partial charge is 0.135 e. The van der Waals surface area contributed by atoms with E-state index in [1.165, 1.54) is 0 Å². The molecule has 1 aliphatic rings. The van der Waals surface area contributed by atoms with Gasteiger partial charge in [0, 0.05) is 30.7 Å². The van der Waals surface area contributed by atoms with Crippen LogP contribution in [0.15, 0.2) is 12.4 Å². The van der Waals surface area contributed by atoms with Crippen LogP contribution in [0.4, 0.5) is 0 Å². The van der Waals surface area contributed by atoms with Crippen LogP contribution in [-0.2, 0) is 4.79 Å². The minimum Gasteiger partial charge on any atom is -0.299 e. The molecule has 1 heterocycles. The average molecular weight is 260 g/mol. The van der Waals surface area contributed by atoms with E-state index in [1.807, 2.05) is 6.92 Å². The minimum atomic E-state index is 0.305. The fraction of sp³-hybridized carbons (Fsp3) is 0.688. The third-order valence-electron chi connectivity index (χ3n) is 4.27. The number of carbonyl (C=O) groups is 1. The lowest BCUT2D eigenvalue weighted by Gasteiger charge is -2.27. The number of hydrogen-bond acceptors (Lipinski definition) is 3. The molecule has 0 atom stereocenters. The maximum Gasteiger partial charge on any atom is 0.135 e. The zero-order valence-electron chi connectivity index (χ0n) is 12.1. The van der Waals surface area contributed by atoms with Crippen molar-refractivity contribution in [3.05, 3.63) is 23.8 Å². The van der Waals surface area contributed by atoms with Gasteiger partial charge in [0.1, 0.15) is 5.78 Å². The lowest BCUT2D eigenvalue weighted by molar-refractivity contribution is -0.124. The Morgan fingerprint density at radius 1 is 1.21 bits per heavy atom. The molecular weight excluding hydrogens is 236 g/mol. The van der Waals surface area contributed by atoms with E-state index in [2.05, 4.69) is 16.9 Å². The van der Waals surface area contributed by atoms with Gasteiger partial charge in [0.05, 0.1) is 11.4 Å². The van der Waals surface area contributed by atoms with Crippen molar-refractivity contribution >= 4 is 5.78 Å². The Balaban J connectivity index is 1.89. The van der Waals surface area contributed by atoms with Crippen LogP contribution < -0.4 is 0 Å². The topological polar surface area (TPSA) is 42.9 Å². The average Bonchev–Trinajstić information content (AvgIpc) is 2.45. The normalized spacial score (nSPS) is 23.3. The SMILES string of the molecule is CCCCC(=O)C1CCC(c2nccnc2C)CC1. The van der Waals surface area contributed by atoms with Crippen molar-refractivity contribution in [2.75, 3.05) is 0 Å². The second-order valence-electron chi connectivity index (χ2n) is 5.65. The number of hydrogen-bond donors (Lipinski definition) is 0. The number of unbranched alkanes of at least 4 members (excludes halogenated alkanes) is 1. The van der Waals surface area contributed by atoms with Crippen LogP contribution in [-0.4, -0.2) is 15.8 Å². The number of nitrogens with zero attached hydrogens (tertiary/aromatic N) is 2. The Bertz CT molecular complexity index is 423. The van der Waals surface area contributed by atoms with Crippen LogP contribution in [0.5, 0.6) is 0 Å². The Labute approximate surface area is 115 Å². The van der Waals surface area contributed by atoms with Crippen molar-refractivity contribution in [2.45, 2.75) is 64.7 Å². The first-order valence-electron chi connectivity index (χ1n) is 7.52. The number of rotatable bonds is 5. The molecule has 3 nitrogen and oxygen atoms in total. The van der Waals surface area contributed by atoms with E-state index in [0.29, 0.717) is 17.6 Å². The quantitative estimate of drug-likeness (QED) is 0.808. The van der Waals surface area contributed by atoms with Gasteiger partial charge in [0.25, 0.3) is 0 Å². The van der Waals surface area contributed by atoms with Gasteiger partial charge in [-0.2, -0.15) is 0 Å². The Kier molecular flexibility index (Phi) is 5.06. The van der Waals surface area contributed by atoms with E-state index < -0.39 is 0 Å². The van der Waals surface area contributed by atoms with Crippen LogP contribution in [0.2, 0.25) is 0 Å². The highest BCUT2D eigenvalue weighted by molar-refractivity contribution is 5.81. The van der Waals surface area contributed by atoms with Crippen LogP contribution in [0.25, 0.3) is 0 Å². The van der Waals surface area contributed by atoms with Crippen molar-refractivity contribution in [3.63, 3.8) is 0 Å². The molecule has 2 rings (SSSR count). The summed E-state index contributed by atoms with van der Waals surface area (Å²) in [5.41, 5.74) is 2.19. The molecule has 1 aliphatic carbocycles. The summed E-state index contributed by atoms with van der Waals surface area (Å²) in [5, 5.41) is 0. The third-order valence-corrected chi connectivity index (χ3v) is 4.27. The highest BCUT2D eigenvalue weighted by Crippen LogP contribution is 2.36. The first kappa shape index (κ1) is 14.2. The molecule has 0 spiro atoms. The van der Waals surface area contributed by atoms with Gasteiger partial charge in [-0.05, 0) is 39.0 Å². The van der Waals surface area contributed by atoms with Gasteiger partial charge in [-0.1, -0.05) is 13.3 Å². The number of carbonyl (C=O) groups excluding carboxylic acids is 1. The summed E-state index contributed by atoms with van der Waals surface area (Å²) in [5.74, 6) is 1.29. The lowest BCUT2D eigenvalue weighted by Crippen LogP contribution is -2.22. The van der Waals surface area contributed by atoms with E-state index in [4.69, 9.17) is 0 Å². The second-order valence-corrected chi connectivity index (χ2v) is 5.65. The standard InChI is InChI=1S/C16H24N2O/c1-3-4-5-15(19)13-6-8-14(9-7-13)16-12(2)17-10-11-18-16/h10-11,13-14H,3-9H2,1-2H3. The monoisotopic (exact) mass is 260 g/mol. The maximum absolute atomic E-state index is 12.0. The lowest BCUT2D eigenvalue weighted by atomic mass is 9.77. The van der Waals surface area contributed by atoms with Crippen LogP contribution in [0.1, 0.15) is 69.2 Å². The molecule has 1 aromatic rings. The molecule has 1 aromatic heterocycles. The van der Waals surface area contributed by atoms with Gasteiger partial charge in [0.15, 0.2) is 0 Å². The van der Waals surface area contributed by atoms with Crippen molar-refractivity contribution in [3.8, 4) is 0 Å². The van der Waals surface area contributed by atoms with Gasteiger partial charge >= 0.3 is 0 Å². The van der Waals surface area contributed by atoms with E-state index in [9.17, 15) is 4.79 Å². The molecule has 0 aliphatic heterocycles. The summed E-state index contributed by atoms with van der Waals surface area (Å²) in [6.07, 6.45) is 10.7. The Morgan fingerprint density at radius 3 is 2.53 bits per heavy atom. The molecular formula is C16H24N2O. The first-order chi connectivity index (χ1) is 9.22. The summed E-state index contributed by atoms with van der Waals surface area (Å²) in [6, 6.07) is 0. The molecule has 0 unspecified atom stereocenters. The Hall–Kier alpha value is -1.25. The predicted octanol–water partition coefficient (Wildman–Crippen LogP) is 3.82. The highest BCUT2D eigenvalue weighted by atomic mass is 16.1. The minimum absolute atomic E-state index is 0.305. The summed E-state index contributed by atoms with van der Waals surface area (Å²) in [7, 11) is 0. The third kappa shape index (κ3) is 3.62. The molecule has 0 bridgehead atoms. The highest BCUT2D eigenvalue weighted by Gasteiger charge is 2.27. The van der Waals surface area contributed by atoms with E-state index in [-0.39, 0.29) is 0 Å². The molecule has 0 N–H and O–H groups in total. The van der Waals surface area contributed by atoms with E-state index in [1.54, 1.807) is 12.4 Å². The van der Waals surface area contributed by atoms with Gasteiger partial charge in [0.2, 0.25) is 0 Å². The molecule has 0 radical (unpaired) electrons. The van der Waals surface area contributed by atoms with E-state index in [0.717, 1.165) is 56.3 Å². The molecule has 1 fully saturated rings. The number of Topliss-reactive ketones (excluding diaryl/α,β-unsaturated/α-hetero) is 1. The van der Waals surface area contributed by atoms with Gasteiger partial charge in [-0.25, -0.2) is 0 Å². The van der Waals surface area contributed by atoms with Gasteiger partial charge < -0.3 is 0 Å². The summed E-state index contributed by atoms with van der Waals surface area (Å²) in [4.78, 5) is 20.8. The molecule has 0 saturated heterocycles. The van der Waals surface area contributed by atoms with E-state index >= 15 is 0 Å². The van der Waals surface area contributed by atoms with Gasteiger partial charge in [-0.3, -0.25) is 14.8 Å². The number of aryl methyl sites for hydroxylation is 1. The first-order valence-corrected chi connectivity index (χ1v) is 7.52. The van der Waals surface area contributed by atoms with Gasteiger partial charge in [-0.15, -0.1) is 0 Å². The molecule has 104 valence electrons. The van der Waals surface area contributed by atoms with Crippen molar-refractivity contribution in [1.82, 2.24) is 9.97 Å². The summed E-state index contributed by atoms with van der Waals surface area (Å²) >= 11 is 0. The molecule has 3 heteroatoms. The van der Waals surface area contributed by atoms with Crippen LogP contribution >= 0.6 is 0 Å². The zero-order chi connectivity index (χ0) is 13.7. The van der Waals surface area contributed by atoms with Crippen molar-refractivity contribution in [1.29, 1.82) is 0 Å². The molecule has 0 amide bonds. The number of aromatic nitrogens is 2. The fourth-order valence-electron chi connectivity index (χ4n) is 3.06. The fourth-order valence-corrected chi connectivity index (χ4v) is 3.06. The predicted molar refractivity (Wildman–Crippen MR) is 76.0 cm³/mol. The maximum atomic E-state index is 12.0. The molecule has 0 aromatic carbocycles. The zero-order valence-corrected chi connectivity index (χ0v) is 12.1. The van der Waals surface area contributed by atoms with Crippen LogP contribution in [0, 0.1) is 12.8 Å². The Morgan fingerprint density at radius 2 is 1.89 bits per heavy atom. The largest absolute Gasteiger partial charge is 0.299 e. The summed E-state index contributed by atoms with van der Waals surface area (Å²) < 4.78 is 0. The van der Waals surface area contributed by atoms with Crippen molar-refractivity contribution in [2.24, 2.45) is 5.92 Å². The number of ketones is 1. The second kappa shape index (κ2) is 6.78. The molecule has 1 saturated carbocycles. The van der Waals surface area contributed by atoms with Crippen molar-refractivity contribution < 1.29 is 4.79 Å². The molecule has 19 heavy (non-hydrogen) atoms. The van der Waals surface area contributed by atoms with Crippen LogP contribution in [0.3, 0.4) is 0 Å². The summed E-state index contributed by atoms with van der Waals surface area (Å²) in [6.45, 7) is 4.17.